The maximum Gasteiger partial charge on any atom is 0.220 e. The van der Waals surface area contributed by atoms with Gasteiger partial charge in [0, 0.05) is 5.92 Å². The van der Waals surface area contributed by atoms with Crippen LogP contribution in [0.4, 0.5) is 0 Å². The maximum atomic E-state index is 11.0. The van der Waals surface area contributed by atoms with Crippen LogP contribution in [0.3, 0.4) is 0 Å². The maximum absolute atomic E-state index is 11.0. The molecule has 0 saturated heterocycles. The van der Waals surface area contributed by atoms with Crippen LogP contribution < -0.4 is 5.73 Å². The van der Waals surface area contributed by atoms with E-state index >= 15 is 0 Å². The summed E-state index contributed by atoms with van der Waals surface area (Å²) in [6.45, 7) is 4.29. The number of unbranched alkanes of at least 4 members (excludes halogenated alkanes) is 7. The summed E-state index contributed by atoms with van der Waals surface area (Å²) in [5.74, 6) is -0.00876. The molecule has 0 aromatic heterocycles. The van der Waals surface area contributed by atoms with Gasteiger partial charge in [-0.15, -0.1) is 12.4 Å². The molecular weight excluding hydrogens is 234 g/mol. The molecule has 0 aromatic rings. The van der Waals surface area contributed by atoms with Crippen molar-refractivity contribution in [2.24, 2.45) is 11.7 Å². The van der Waals surface area contributed by atoms with Gasteiger partial charge < -0.3 is 5.73 Å². The van der Waals surface area contributed by atoms with E-state index in [-0.39, 0.29) is 24.2 Å². The van der Waals surface area contributed by atoms with Crippen LogP contribution >= 0.6 is 12.4 Å². The van der Waals surface area contributed by atoms with E-state index in [1.54, 1.807) is 0 Å². The zero-order valence-corrected chi connectivity index (χ0v) is 12.4. The van der Waals surface area contributed by atoms with Gasteiger partial charge >= 0.3 is 0 Å². The largest absolute Gasteiger partial charge is 0.369 e. The van der Waals surface area contributed by atoms with E-state index in [9.17, 15) is 4.79 Å². The van der Waals surface area contributed by atoms with Gasteiger partial charge in [0.1, 0.15) is 0 Å². The summed E-state index contributed by atoms with van der Waals surface area (Å²) in [7, 11) is 0. The van der Waals surface area contributed by atoms with E-state index in [4.69, 9.17) is 5.73 Å². The third kappa shape index (κ3) is 12.0. The summed E-state index contributed by atoms with van der Waals surface area (Å²) in [6.07, 6.45) is 12.4. The first kappa shape index (κ1) is 19.1. The molecule has 0 radical (unpaired) electrons. The molecule has 0 bridgehead atoms. The molecule has 0 aliphatic carbocycles. The van der Waals surface area contributed by atoms with Gasteiger partial charge in [-0.2, -0.15) is 0 Å². The first-order chi connectivity index (χ1) is 7.72. The molecule has 3 heteroatoms. The Balaban J connectivity index is 0. The van der Waals surface area contributed by atoms with Crippen LogP contribution in [0.15, 0.2) is 0 Å². The second-order valence-corrected chi connectivity index (χ2v) is 4.77. The fraction of sp³-hybridized carbons (Fsp3) is 0.929. The Bertz CT molecular complexity index is 174. The SMILES string of the molecule is CCCCCCCCCCC(CC)C(N)=O.Cl. The number of carbonyl (C=O) groups excluding carboxylic acids is 1. The lowest BCUT2D eigenvalue weighted by Crippen LogP contribution is -2.22. The zero-order valence-electron chi connectivity index (χ0n) is 11.5. The Kier molecular flexibility index (Phi) is 15.5. The summed E-state index contributed by atoms with van der Waals surface area (Å²) < 4.78 is 0. The molecular formula is C14H30ClNO. The number of nitrogens with two attached hydrogens (primary N) is 1. The van der Waals surface area contributed by atoms with Crippen molar-refractivity contribution in [3.63, 3.8) is 0 Å². The molecule has 104 valence electrons. The monoisotopic (exact) mass is 263 g/mol. The minimum atomic E-state index is -0.120. The molecule has 0 saturated carbocycles. The van der Waals surface area contributed by atoms with Crippen molar-refractivity contribution in [1.82, 2.24) is 0 Å². The molecule has 0 rings (SSSR count). The Hall–Kier alpha value is -0.240. The first-order valence-electron chi connectivity index (χ1n) is 7.01. The number of rotatable bonds is 11. The van der Waals surface area contributed by atoms with Crippen LogP contribution in [-0.4, -0.2) is 5.91 Å². The molecule has 0 aromatic carbocycles. The average molecular weight is 264 g/mol. The first-order valence-corrected chi connectivity index (χ1v) is 7.01. The van der Waals surface area contributed by atoms with Gasteiger partial charge in [-0.3, -0.25) is 4.79 Å². The number of amides is 1. The summed E-state index contributed by atoms with van der Waals surface area (Å²) in [6, 6.07) is 0. The van der Waals surface area contributed by atoms with E-state index in [0.29, 0.717) is 0 Å². The van der Waals surface area contributed by atoms with Crippen molar-refractivity contribution in [1.29, 1.82) is 0 Å². The van der Waals surface area contributed by atoms with Crippen molar-refractivity contribution in [3.8, 4) is 0 Å². The van der Waals surface area contributed by atoms with Crippen molar-refractivity contribution >= 4 is 18.3 Å². The van der Waals surface area contributed by atoms with Gasteiger partial charge in [-0.1, -0.05) is 65.2 Å². The molecule has 2 N–H and O–H groups in total. The molecule has 17 heavy (non-hydrogen) atoms. The third-order valence-corrected chi connectivity index (χ3v) is 3.30. The Morgan fingerprint density at radius 2 is 1.41 bits per heavy atom. The second-order valence-electron chi connectivity index (χ2n) is 4.77. The van der Waals surface area contributed by atoms with Crippen molar-refractivity contribution in [2.45, 2.75) is 78.1 Å². The highest BCUT2D eigenvalue weighted by Gasteiger charge is 2.11. The Morgan fingerprint density at radius 3 is 1.82 bits per heavy atom. The Morgan fingerprint density at radius 1 is 0.941 bits per heavy atom. The van der Waals surface area contributed by atoms with Gasteiger partial charge in [-0.25, -0.2) is 0 Å². The Labute approximate surface area is 113 Å². The highest BCUT2D eigenvalue weighted by atomic mass is 35.5. The predicted octanol–water partition coefficient (Wildman–Crippen LogP) is 4.45. The fourth-order valence-electron chi connectivity index (χ4n) is 2.07. The average Bonchev–Trinajstić information content (AvgIpc) is 2.26. The number of primary amides is 1. The van der Waals surface area contributed by atoms with Crippen LogP contribution in [0.5, 0.6) is 0 Å². The standard InChI is InChI=1S/C14H29NO.ClH/c1-3-5-6-7-8-9-10-11-12-13(4-2)14(15)16;/h13H,3-12H2,1-2H3,(H2,15,16);1H. The molecule has 0 fully saturated rings. The van der Waals surface area contributed by atoms with Crippen LogP contribution in [0.2, 0.25) is 0 Å². The highest BCUT2D eigenvalue weighted by Crippen LogP contribution is 2.15. The van der Waals surface area contributed by atoms with Crippen LogP contribution in [0, 0.1) is 5.92 Å². The fourth-order valence-corrected chi connectivity index (χ4v) is 2.07. The molecule has 0 aliphatic heterocycles. The molecule has 0 aliphatic rings. The molecule has 0 heterocycles. The smallest absolute Gasteiger partial charge is 0.220 e. The number of hydrogen-bond acceptors (Lipinski definition) is 1. The van der Waals surface area contributed by atoms with Gasteiger partial charge in [0.25, 0.3) is 0 Å². The van der Waals surface area contributed by atoms with Crippen LogP contribution in [-0.2, 0) is 4.79 Å². The molecule has 1 atom stereocenters. The minimum Gasteiger partial charge on any atom is -0.369 e. The van der Waals surface area contributed by atoms with Gasteiger partial charge in [0.05, 0.1) is 0 Å². The zero-order chi connectivity index (χ0) is 12.2. The summed E-state index contributed by atoms with van der Waals surface area (Å²) >= 11 is 0. The lowest BCUT2D eigenvalue weighted by atomic mass is 9.97. The van der Waals surface area contributed by atoms with Crippen molar-refractivity contribution in [2.75, 3.05) is 0 Å². The second kappa shape index (κ2) is 13.8. The number of carbonyl (C=O) groups is 1. The topological polar surface area (TPSA) is 43.1 Å². The highest BCUT2D eigenvalue weighted by molar-refractivity contribution is 5.85. The van der Waals surface area contributed by atoms with E-state index < -0.39 is 0 Å². The third-order valence-electron chi connectivity index (χ3n) is 3.30. The molecule has 0 spiro atoms. The molecule has 1 unspecified atom stereocenters. The molecule has 2 nitrogen and oxygen atoms in total. The summed E-state index contributed by atoms with van der Waals surface area (Å²) in [5.41, 5.74) is 5.30. The van der Waals surface area contributed by atoms with E-state index in [2.05, 4.69) is 6.92 Å². The lowest BCUT2D eigenvalue weighted by Gasteiger charge is -2.09. The summed E-state index contributed by atoms with van der Waals surface area (Å²) in [4.78, 5) is 11.0. The normalized spacial score (nSPS) is 11.9. The van der Waals surface area contributed by atoms with E-state index in [0.717, 1.165) is 19.3 Å². The van der Waals surface area contributed by atoms with Gasteiger partial charge in [-0.05, 0) is 12.8 Å². The van der Waals surface area contributed by atoms with Crippen molar-refractivity contribution < 1.29 is 4.79 Å². The van der Waals surface area contributed by atoms with Crippen LogP contribution in [0.25, 0.3) is 0 Å². The predicted molar refractivity (Wildman–Crippen MR) is 77.5 cm³/mol. The summed E-state index contributed by atoms with van der Waals surface area (Å²) in [5, 5.41) is 0. The lowest BCUT2D eigenvalue weighted by molar-refractivity contribution is -0.122. The minimum absolute atomic E-state index is 0. The number of halogens is 1. The van der Waals surface area contributed by atoms with E-state index in [1.807, 2.05) is 6.92 Å². The van der Waals surface area contributed by atoms with E-state index in [1.165, 1.54) is 44.9 Å². The van der Waals surface area contributed by atoms with Gasteiger partial charge in [0.15, 0.2) is 0 Å². The van der Waals surface area contributed by atoms with Crippen molar-refractivity contribution in [3.05, 3.63) is 0 Å². The van der Waals surface area contributed by atoms with Gasteiger partial charge in [0.2, 0.25) is 5.91 Å². The van der Waals surface area contributed by atoms with Crippen LogP contribution in [0.1, 0.15) is 78.1 Å². The molecule has 1 amide bonds. The number of hydrogen-bond donors (Lipinski definition) is 1. The quantitative estimate of drug-likeness (QED) is 0.550.